The third-order valence-electron chi connectivity index (χ3n) is 8.71. The predicted molar refractivity (Wildman–Crippen MR) is 178 cm³/mol. The van der Waals surface area contributed by atoms with Crippen LogP contribution < -0.4 is 14.6 Å². The zero-order valence-electron chi connectivity index (χ0n) is 26.7. The van der Waals surface area contributed by atoms with Crippen molar-refractivity contribution in [3.63, 3.8) is 0 Å². The van der Waals surface area contributed by atoms with E-state index in [-0.39, 0.29) is 16.2 Å². The van der Waals surface area contributed by atoms with E-state index in [1.807, 2.05) is 13.0 Å². The third-order valence-corrected chi connectivity index (χ3v) is 10.2. The van der Waals surface area contributed by atoms with Crippen LogP contribution in [-0.2, 0) is 20.2 Å². The Balaban J connectivity index is 1.47. The van der Waals surface area contributed by atoms with Crippen molar-refractivity contribution < 1.29 is 13.2 Å². The first-order chi connectivity index (χ1) is 20.5. The highest BCUT2D eigenvalue weighted by Gasteiger charge is 2.39. The minimum absolute atomic E-state index is 0.184. The molecule has 7 nitrogen and oxygen atoms in total. The van der Waals surface area contributed by atoms with Gasteiger partial charge in [-0.15, -0.1) is 0 Å². The number of rotatable bonds is 14. The van der Waals surface area contributed by atoms with Crippen LogP contribution in [0.2, 0.25) is 0 Å². The standard InChI is InChI=1S/C35H48N4O3S/c1-7-10-11-12-15-27(9-3)25-36-43(41,42)29-20-18-28(19-21-29)39-34(40)30(26(4)37-39)22-23-33-35(5,6)31-16-13-14-17-32(31)38(33)24-8-2/h13-14,16-23,27,36H,7-12,15,24-25H2,1-6H3/b30-22+,33-23+. The predicted octanol–water partition coefficient (Wildman–Crippen LogP) is 7.70. The number of carbonyl (C=O) groups excluding carboxylic acids is 1. The molecule has 0 spiro atoms. The maximum absolute atomic E-state index is 13.5. The molecule has 2 aliphatic rings. The van der Waals surface area contributed by atoms with Gasteiger partial charge in [0.05, 0.1) is 21.9 Å². The van der Waals surface area contributed by atoms with Crippen LogP contribution in [0.1, 0.15) is 92.1 Å². The Bertz CT molecular complexity index is 1490. The highest BCUT2D eigenvalue weighted by atomic mass is 32.2. The van der Waals surface area contributed by atoms with Crippen LogP contribution in [0.15, 0.2) is 82.0 Å². The van der Waals surface area contributed by atoms with Crippen LogP contribution in [0.4, 0.5) is 11.4 Å². The van der Waals surface area contributed by atoms with Gasteiger partial charge >= 0.3 is 0 Å². The Morgan fingerprint density at radius 2 is 1.67 bits per heavy atom. The summed E-state index contributed by atoms with van der Waals surface area (Å²) in [6.45, 7) is 14.1. The number of carbonyl (C=O) groups is 1. The molecule has 1 atom stereocenters. The number of hydrogen-bond donors (Lipinski definition) is 1. The van der Waals surface area contributed by atoms with Crippen LogP contribution >= 0.6 is 0 Å². The molecular formula is C35H48N4O3S. The zero-order valence-corrected chi connectivity index (χ0v) is 27.5. The highest BCUT2D eigenvalue weighted by Crippen LogP contribution is 2.47. The molecule has 0 aromatic heterocycles. The number of sulfonamides is 1. The summed E-state index contributed by atoms with van der Waals surface area (Å²) in [6.07, 6.45) is 11.6. The lowest BCUT2D eigenvalue weighted by atomic mass is 9.83. The molecule has 0 saturated carbocycles. The second-order valence-corrected chi connectivity index (χ2v) is 14.0. The summed E-state index contributed by atoms with van der Waals surface area (Å²) in [5, 5.41) is 5.88. The molecule has 2 aromatic rings. The molecule has 1 amide bonds. The van der Waals surface area contributed by atoms with E-state index in [1.54, 1.807) is 24.3 Å². The zero-order chi connectivity index (χ0) is 31.2. The molecule has 2 heterocycles. The van der Waals surface area contributed by atoms with E-state index in [2.05, 4.69) is 79.7 Å². The van der Waals surface area contributed by atoms with Gasteiger partial charge in [0, 0.05) is 29.9 Å². The molecule has 1 N–H and O–H groups in total. The molecule has 2 aliphatic heterocycles. The minimum atomic E-state index is -3.65. The first-order valence-electron chi connectivity index (χ1n) is 15.8. The number of nitrogens with one attached hydrogen (secondary N) is 1. The maximum atomic E-state index is 13.5. The fraction of sp³-hybridized carbons (Fsp3) is 0.486. The van der Waals surface area contributed by atoms with Gasteiger partial charge in [-0.05, 0) is 73.7 Å². The van der Waals surface area contributed by atoms with E-state index in [0.29, 0.717) is 29.4 Å². The van der Waals surface area contributed by atoms with Gasteiger partial charge in [-0.2, -0.15) is 10.1 Å². The van der Waals surface area contributed by atoms with Crippen molar-refractivity contribution in [2.24, 2.45) is 11.0 Å². The van der Waals surface area contributed by atoms with Gasteiger partial charge in [-0.3, -0.25) is 4.79 Å². The van der Waals surface area contributed by atoms with Crippen molar-refractivity contribution in [2.75, 3.05) is 23.0 Å². The van der Waals surface area contributed by atoms with Crippen LogP contribution in [0, 0.1) is 5.92 Å². The Kier molecular flexibility index (Phi) is 10.7. The molecule has 8 heteroatoms. The van der Waals surface area contributed by atoms with E-state index >= 15 is 0 Å². The molecule has 0 radical (unpaired) electrons. The molecule has 0 fully saturated rings. The number of unbranched alkanes of at least 4 members (excludes halogenated alkanes) is 3. The van der Waals surface area contributed by atoms with Crippen molar-refractivity contribution in [3.05, 3.63) is 77.5 Å². The number of para-hydroxylation sites is 1. The first kappa shape index (κ1) is 32.7. The highest BCUT2D eigenvalue weighted by molar-refractivity contribution is 7.89. The summed E-state index contributed by atoms with van der Waals surface area (Å²) in [7, 11) is -3.65. The third kappa shape index (κ3) is 7.13. The van der Waals surface area contributed by atoms with Crippen molar-refractivity contribution in [2.45, 2.75) is 96.8 Å². The molecule has 0 aliphatic carbocycles. The Morgan fingerprint density at radius 1 is 0.953 bits per heavy atom. The summed E-state index contributed by atoms with van der Waals surface area (Å²) < 4.78 is 28.8. The smallest absolute Gasteiger partial charge is 0.280 e. The van der Waals surface area contributed by atoms with E-state index in [9.17, 15) is 13.2 Å². The van der Waals surface area contributed by atoms with Crippen LogP contribution in [-0.4, -0.2) is 33.1 Å². The summed E-state index contributed by atoms with van der Waals surface area (Å²) in [4.78, 5) is 16.0. The van der Waals surface area contributed by atoms with E-state index in [4.69, 9.17) is 0 Å². The van der Waals surface area contributed by atoms with Crippen molar-refractivity contribution >= 4 is 33.0 Å². The summed E-state index contributed by atoms with van der Waals surface area (Å²) >= 11 is 0. The quantitative estimate of drug-likeness (QED) is 0.177. The molecule has 4 rings (SSSR count). The van der Waals surface area contributed by atoms with Crippen LogP contribution in [0.5, 0.6) is 0 Å². The molecule has 232 valence electrons. The topological polar surface area (TPSA) is 82.1 Å². The van der Waals surface area contributed by atoms with Gasteiger partial charge in [-0.25, -0.2) is 13.1 Å². The van der Waals surface area contributed by atoms with Gasteiger partial charge < -0.3 is 4.90 Å². The van der Waals surface area contributed by atoms with Crippen LogP contribution in [0.3, 0.4) is 0 Å². The summed E-state index contributed by atoms with van der Waals surface area (Å²) in [6, 6.07) is 14.9. The Hall–Kier alpha value is -3.23. The Labute approximate surface area is 258 Å². The minimum Gasteiger partial charge on any atom is -0.344 e. The molecule has 0 bridgehead atoms. The first-order valence-corrected chi connectivity index (χ1v) is 17.3. The number of benzene rings is 2. The SMILES string of the molecule is CCCCCCC(CC)CNS(=O)(=O)c1ccc(N2N=C(C)/C(=C\C=C3\N(CCC)c4ccccc4C3(C)C)C2=O)cc1. The lowest BCUT2D eigenvalue weighted by molar-refractivity contribution is -0.114. The fourth-order valence-corrected chi connectivity index (χ4v) is 7.16. The van der Waals surface area contributed by atoms with Crippen LogP contribution in [0.25, 0.3) is 0 Å². The number of nitrogens with zero attached hydrogens (tertiary/aromatic N) is 3. The normalized spacial score (nSPS) is 18.9. The second kappa shape index (κ2) is 14.0. The van der Waals surface area contributed by atoms with Crippen molar-refractivity contribution in [3.8, 4) is 0 Å². The summed E-state index contributed by atoms with van der Waals surface area (Å²) in [5.41, 5.74) is 5.12. The molecule has 0 saturated heterocycles. The largest absolute Gasteiger partial charge is 0.344 e. The number of amides is 1. The average Bonchev–Trinajstić information content (AvgIpc) is 3.40. The van der Waals surface area contributed by atoms with E-state index in [1.165, 1.54) is 35.5 Å². The van der Waals surface area contributed by atoms with Gasteiger partial charge in [0.2, 0.25) is 10.0 Å². The number of fused-ring (bicyclic) bond motifs is 1. The van der Waals surface area contributed by atoms with Gasteiger partial charge in [0.1, 0.15) is 0 Å². The van der Waals surface area contributed by atoms with Gasteiger partial charge in [0.15, 0.2) is 0 Å². The maximum Gasteiger partial charge on any atom is 0.280 e. The number of hydrazone groups is 1. The molecule has 2 aromatic carbocycles. The van der Waals surface area contributed by atoms with Crippen molar-refractivity contribution in [1.29, 1.82) is 0 Å². The molecular weight excluding hydrogens is 556 g/mol. The van der Waals surface area contributed by atoms with Gasteiger partial charge in [0.25, 0.3) is 5.91 Å². The monoisotopic (exact) mass is 604 g/mol. The fourth-order valence-electron chi connectivity index (χ4n) is 6.04. The molecule has 1 unspecified atom stereocenters. The van der Waals surface area contributed by atoms with E-state index in [0.717, 1.165) is 37.9 Å². The van der Waals surface area contributed by atoms with E-state index < -0.39 is 10.0 Å². The molecule has 43 heavy (non-hydrogen) atoms. The summed E-state index contributed by atoms with van der Waals surface area (Å²) in [5.74, 6) is 0.0935. The van der Waals surface area contributed by atoms with Crippen molar-refractivity contribution in [1.82, 2.24) is 4.72 Å². The number of allylic oxidation sites excluding steroid dienone is 3. The second-order valence-electron chi connectivity index (χ2n) is 12.2. The lowest BCUT2D eigenvalue weighted by Crippen LogP contribution is -2.29. The number of anilines is 2. The van der Waals surface area contributed by atoms with Gasteiger partial charge in [-0.1, -0.05) is 84.9 Å². The Morgan fingerprint density at radius 3 is 2.35 bits per heavy atom. The number of hydrogen-bond acceptors (Lipinski definition) is 5. The lowest BCUT2D eigenvalue weighted by Gasteiger charge is -2.26. The average molecular weight is 605 g/mol.